The fourth-order valence-electron chi connectivity index (χ4n) is 3.45. The zero-order chi connectivity index (χ0) is 21.5. The molecule has 0 amide bonds. The van der Waals surface area contributed by atoms with Crippen molar-refractivity contribution in [3.05, 3.63) is 29.6 Å². The van der Waals surface area contributed by atoms with Gasteiger partial charge < -0.3 is 9.47 Å². The SMILES string of the molecule is CC(COC(=O)c1cccc(C(=O)OCC(C)CC(C)(C)C)n1)CC(C)(C)C. The number of esters is 2. The Morgan fingerprint density at radius 3 is 1.50 bits per heavy atom. The second-order valence-electron chi connectivity index (χ2n) is 10.3. The van der Waals surface area contributed by atoms with Gasteiger partial charge in [-0.25, -0.2) is 14.6 Å². The molecule has 0 saturated heterocycles. The van der Waals surface area contributed by atoms with E-state index in [1.807, 2.05) is 0 Å². The zero-order valence-electron chi connectivity index (χ0n) is 18.8. The zero-order valence-corrected chi connectivity index (χ0v) is 18.8. The number of rotatable bonds is 8. The van der Waals surface area contributed by atoms with Gasteiger partial charge in [-0.05, 0) is 47.6 Å². The van der Waals surface area contributed by atoms with Gasteiger partial charge in [0.2, 0.25) is 0 Å². The van der Waals surface area contributed by atoms with Crippen LogP contribution in [0, 0.1) is 22.7 Å². The predicted octanol–water partition coefficient (Wildman–Crippen LogP) is 5.54. The predicted molar refractivity (Wildman–Crippen MR) is 111 cm³/mol. The number of hydrogen-bond donors (Lipinski definition) is 0. The molecule has 1 heterocycles. The lowest BCUT2D eigenvalue weighted by Gasteiger charge is -2.23. The molecule has 2 atom stereocenters. The van der Waals surface area contributed by atoms with E-state index in [0.717, 1.165) is 12.8 Å². The Bertz CT molecular complexity index is 602. The maximum atomic E-state index is 12.3. The highest BCUT2D eigenvalue weighted by Crippen LogP contribution is 2.25. The maximum absolute atomic E-state index is 12.3. The van der Waals surface area contributed by atoms with Crippen molar-refractivity contribution in [2.45, 2.75) is 68.2 Å². The average Bonchev–Trinajstić information content (AvgIpc) is 2.54. The first-order valence-corrected chi connectivity index (χ1v) is 10.1. The summed E-state index contributed by atoms with van der Waals surface area (Å²) in [6.07, 6.45) is 1.90. The highest BCUT2D eigenvalue weighted by molar-refractivity contribution is 5.91. The average molecular weight is 392 g/mol. The van der Waals surface area contributed by atoms with E-state index < -0.39 is 11.9 Å². The molecule has 1 rings (SSSR count). The summed E-state index contributed by atoms with van der Waals surface area (Å²) in [5, 5.41) is 0. The molecule has 0 saturated carbocycles. The van der Waals surface area contributed by atoms with E-state index in [9.17, 15) is 9.59 Å². The first-order valence-electron chi connectivity index (χ1n) is 10.1. The van der Waals surface area contributed by atoms with Crippen molar-refractivity contribution >= 4 is 11.9 Å². The molecule has 0 aliphatic rings. The number of carbonyl (C=O) groups is 2. The van der Waals surface area contributed by atoms with E-state index in [1.54, 1.807) is 18.2 Å². The molecular formula is C23H37NO4. The van der Waals surface area contributed by atoms with Crippen LogP contribution in [-0.2, 0) is 9.47 Å². The molecule has 0 fully saturated rings. The van der Waals surface area contributed by atoms with Gasteiger partial charge in [0, 0.05) is 0 Å². The van der Waals surface area contributed by atoms with E-state index in [4.69, 9.17) is 9.47 Å². The molecule has 158 valence electrons. The summed E-state index contributed by atoms with van der Waals surface area (Å²) in [4.78, 5) is 28.7. The van der Waals surface area contributed by atoms with Gasteiger partial charge in [-0.3, -0.25) is 0 Å². The molecule has 0 aliphatic carbocycles. The third-order valence-corrected chi connectivity index (χ3v) is 4.09. The number of hydrogen-bond acceptors (Lipinski definition) is 5. The largest absolute Gasteiger partial charge is 0.461 e. The smallest absolute Gasteiger partial charge is 0.356 e. The van der Waals surface area contributed by atoms with Crippen molar-refractivity contribution in [2.75, 3.05) is 13.2 Å². The molecule has 1 aromatic heterocycles. The molecule has 1 aromatic rings. The number of aromatic nitrogens is 1. The highest BCUT2D eigenvalue weighted by Gasteiger charge is 2.20. The van der Waals surface area contributed by atoms with Crippen LogP contribution in [0.15, 0.2) is 18.2 Å². The monoisotopic (exact) mass is 391 g/mol. The van der Waals surface area contributed by atoms with Gasteiger partial charge in [-0.1, -0.05) is 61.5 Å². The normalized spacial score (nSPS) is 14.3. The highest BCUT2D eigenvalue weighted by atomic mass is 16.5. The summed E-state index contributed by atoms with van der Waals surface area (Å²) in [6, 6.07) is 4.73. The molecule has 2 unspecified atom stereocenters. The van der Waals surface area contributed by atoms with Crippen molar-refractivity contribution < 1.29 is 19.1 Å². The first-order chi connectivity index (χ1) is 12.8. The minimum Gasteiger partial charge on any atom is -0.461 e. The van der Waals surface area contributed by atoms with Crippen molar-refractivity contribution in [3.8, 4) is 0 Å². The topological polar surface area (TPSA) is 65.5 Å². The molecule has 5 nitrogen and oxygen atoms in total. The van der Waals surface area contributed by atoms with Crippen LogP contribution in [0.25, 0.3) is 0 Å². The van der Waals surface area contributed by atoms with Gasteiger partial charge >= 0.3 is 11.9 Å². The lowest BCUT2D eigenvalue weighted by atomic mass is 9.86. The summed E-state index contributed by atoms with van der Waals surface area (Å²) in [5.41, 5.74) is 0.607. The first kappa shape index (κ1) is 24.1. The summed E-state index contributed by atoms with van der Waals surface area (Å²) in [6.45, 7) is 17.7. The molecule has 0 aromatic carbocycles. The van der Waals surface area contributed by atoms with Crippen LogP contribution in [0.5, 0.6) is 0 Å². The molecule has 0 bridgehead atoms. The van der Waals surface area contributed by atoms with Crippen LogP contribution in [-0.4, -0.2) is 30.1 Å². The fraction of sp³-hybridized carbons (Fsp3) is 0.696. The Balaban J connectivity index is 2.60. The van der Waals surface area contributed by atoms with E-state index in [0.29, 0.717) is 13.2 Å². The number of nitrogens with zero attached hydrogens (tertiary/aromatic N) is 1. The minimum atomic E-state index is -0.517. The molecule has 28 heavy (non-hydrogen) atoms. The second-order valence-corrected chi connectivity index (χ2v) is 10.3. The van der Waals surface area contributed by atoms with Crippen LogP contribution in [0.2, 0.25) is 0 Å². The van der Waals surface area contributed by atoms with Gasteiger partial charge in [0.05, 0.1) is 13.2 Å². The van der Waals surface area contributed by atoms with Gasteiger partial charge in [0.1, 0.15) is 11.4 Å². The minimum absolute atomic E-state index is 0.125. The van der Waals surface area contributed by atoms with Crippen LogP contribution >= 0.6 is 0 Å². The third-order valence-electron chi connectivity index (χ3n) is 4.09. The van der Waals surface area contributed by atoms with E-state index >= 15 is 0 Å². The number of carbonyl (C=O) groups excluding carboxylic acids is 2. The molecule has 0 N–H and O–H groups in total. The lowest BCUT2D eigenvalue weighted by molar-refractivity contribution is 0.0403. The van der Waals surface area contributed by atoms with Crippen molar-refractivity contribution in [1.29, 1.82) is 0 Å². The Hall–Kier alpha value is -1.91. The quantitative estimate of drug-likeness (QED) is 0.544. The van der Waals surface area contributed by atoms with Crippen molar-refractivity contribution in [3.63, 3.8) is 0 Å². The second kappa shape index (κ2) is 10.0. The van der Waals surface area contributed by atoms with Crippen LogP contribution in [0.1, 0.15) is 89.2 Å². The summed E-state index contributed by atoms with van der Waals surface area (Å²) >= 11 is 0. The molecule has 5 heteroatoms. The van der Waals surface area contributed by atoms with Gasteiger partial charge in [0.15, 0.2) is 0 Å². The third kappa shape index (κ3) is 9.86. The van der Waals surface area contributed by atoms with Crippen LogP contribution in [0.3, 0.4) is 0 Å². The van der Waals surface area contributed by atoms with E-state index in [-0.39, 0.29) is 34.1 Å². The molecule has 0 spiro atoms. The Morgan fingerprint density at radius 2 is 1.18 bits per heavy atom. The number of pyridine rings is 1. The van der Waals surface area contributed by atoms with Gasteiger partial charge in [-0.2, -0.15) is 0 Å². The number of ether oxygens (including phenoxy) is 2. The summed E-state index contributed by atoms with van der Waals surface area (Å²) in [5.74, 6) is -0.532. The Kier molecular flexibility index (Phi) is 8.65. The van der Waals surface area contributed by atoms with Crippen molar-refractivity contribution in [1.82, 2.24) is 4.98 Å². The lowest BCUT2D eigenvalue weighted by Crippen LogP contribution is -2.20. The Morgan fingerprint density at radius 1 is 0.821 bits per heavy atom. The van der Waals surface area contributed by atoms with E-state index in [2.05, 4.69) is 60.4 Å². The fourth-order valence-corrected chi connectivity index (χ4v) is 3.45. The molecular weight excluding hydrogens is 354 g/mol. The molecule has 0 radical (unpaired) electrons. The standard InChI is InChI=1S/C23H37NO4/c1-16(12-22(3,4)5)14-27-20(25)18-10-9-11-19(24-18)21(26)28-15-17(2)13-23(6,7)8/h9-11,16-17H,12-15H2,1-8H3. The summed E-state index contributed by atoms with van der Waals surface area (Å²) < 4.78 is 10.7. The van der Waals surface area contributed by atoms with Crippen LogP contribution in [0.4, 0.5) is 0 Å². The van der Waals surface area contributed by atoms with Gasteiger partial charge in [-0.15, -0.1) is 0 Å². The Labute approximate surface area is 170 Å². The van der Waals surface area contributed by atoms with Crippen LogP contribution < -0.4 is 0 Å². The summed E-state index contributed by atoms with van der Waals surface area (Å²) in [7, 11) is 0. The van der Waals surface area contributed by atoms with Crippen molar-refractivity contribution in [2.24, 2.45) is 22.7 Å². The maximum Gasteiger partial charge on any atom is 0.356 e. The van der Waals surface area contributed by atoms with Gasteiger partial charge in [0.25, 0.3) is 0 Å². The van der Waals surface area contributed by atoms with E-state index in [1.165, 1.54) is 0 Å². The molecule has 0 aliphatic heterocycles.